The molecule has 134 valence electrons. The largest absolute Gasteiger partial charge is 0.357 e. The van der Waals surface area contributed by atoms with Gasteiger partial charge in [0.1, 0.15) is 0 Å². The Morgan fingerprint density at radius 1 is 1.42 bits per heavy atom. The van der Waals surface area contributed by atoms with Gasteiger partial charge in [-0.3, -0.25) is 4.68 Å². The highest BCUT2D eigenvalue weighted by Crippen LogP contribution is 2.16. The SMILES string of the molecule is CCNC(=NCc1ccsc1)NCC(c1cnn(C)c1)N(C)C.I. The van der Waals surface area contributed by atoms with Gasteiger partial charge in [0, 0.05) is 31.9 Å². The molecule has 2 aromatic heterocycles. The fourth-order valence-electron chi connectivity index (χ4n) is 2.30. The summed E-state index contributed by atoms with van der Waals surface area (Å²) in [5.41, 5.74) is 2.43. The third-order valence-corrected chi connectivity index (χ3v) is 4.27. The Kier molecular flexibility index (Phi) is 9.30. The van der Waals surface area contributed by atoms with Gasteiger partial charge in [-0.15, -0.1) is 24.0 Å². The van der Waals surface area contributed by atoms with Gasteiger partial charge >= 0.3 is 0 Å². The molecular formula is C16H27IN6S. The van der Waals surface area contributed by atoms with Crippen molar-refractivity contribution in [1.29, 1.82) is 0 Å². The normalized spacial score (nSPS) is 12.8. The van der Waals surface area contributed by atoms with E-state index in [1.165, 1.54) is 11.1 Å². The lowest BCUT2D eigenvalue weighted by molar-refractivity contribution is 0.298. The van der Waals surface area contributed by atoms with Crippen LogP contribution >= 0.6 is 35.3 Å². The van der Waals surface area contributed by atoms with Crippen molar-refractivity contribution in [1.82, 2.24) is 25.3 Å². The summed E-state index contributed by atoms with van der Waals surface area (Å²) in [6.07, 6.45) is 3.98. The van der Waals surface area contributed by atoms with Gasteiger partial charge in [0.05, 0.1) is 18.8 Å². The summed E-state index contributed by atoms with van der Waals surface area (Å²) in [5.74, 6) is 0.842. The van der Waals surface area contributed by atoms with Crippen LogP contribution in [0.15, 0.2) is 34.2 Å². The van der Waals surface area contributed by atoms with Crippen molar-refractivity contribution < 1.29 is 0 Å². The average Bonchev–Trinajstić information content (AvgIpc) is 3.16. The number of halogens is 1. The molecule has 0 amide bonds. The highest BCUT2D eigenvalue weighted by atomic mass is 127. The van der Waals surface area contributed by atoms with Crippen molar-refractivity contribution in [3.8, 4) is 0 Å². The predicted molar refractivity (Wildman–Crippen MR) is 112 cm³/mol. The van der Waals surface area contributed by atoms with Gasteiger partial charge in [-0.05, 0) is 43.4 Å². The zero-order valence-corrected chi connectivity index (χ0v) is 17.8. The van der Waals surface area contributed by atoms with Gasteiger partial charge in [0.25, 0.3) is 0 Å². The number of hydrogen-bond donors (Lipinski definition) is 2. The zero-order valence-electron chi connectivity index (χ0n) is 14.7. The molecule has 0 radical (unpaired) electrons. The van der Waals surface area contributed by atoms with Crippen molar-refractivity contribution >= 4 is 41.3 Å². The number of hydrogen-bond acceptors (Lipinski definition) is 4. The van der Waals surface area contributed by atoms with Crippen LogP contribution in [0.1, 0.15) is 24.1 Å². The second kappa shape index (κ2) is 10.7. The molecule has 0 aliphatic rings. The van der Waals surface area contributed by atoms with E-state index in [1.54, 1.807) is 11.3 Å². The number of aromatic nitrogens is 2. The molecule has 2 aromatic rings. The van der Waals surface area contributed by atoms with Crippen LogP contribution in [-0.2, 0) is 13.6 Å². The smallest absolute Gasteiger partial charge is 0.191 e. The zero-order chi connectivity index (χ0) is 16.7. The minimum absolute atomic E-state index is 0. The van der Waals surface area contributed by atoms with Crippen LogP contribution in [-0.4, -0.2) is 47.8 Å². The fourth-order valence-corrected chi connectivity index (χ4v) is 2.96. The molecule has 0 saturated heterocycles. The maximum atomic E-state index is 4.65. The van der Waals surface area contributed by atoms with E-state index in [1.807, 2.05) is 17.9 Å². The molecule has 0 aromatic carbocycles. The van der Waals surface area contributed by atoms with Crippen LogP contribution in [0.4, 0.5) is 0 Å². The Bertz CT molecular complexity index is 608. The van der Waals surface area contributed by atoms with Gasteiger partial charge in [-0.1, -0.05) is 0 Å². The molecule has 0 aliphatic heterocycles. The quantitative estimate of drug-likeness (QED) is 0.377. The van der Waals surface area contributed by atoms with Crippen molar-refractivity contribution in [2.45, 2.75) is 19.5 Å². The highest BCUT2D eigenvalue weighted by Gasteiger charge is 2.16. The first kappa shape index (κ1) is 20.9. The van der Waals surface area contributed by atoms with Crippen molar-refractivity contribution in [2.75, 3.05) is 27.2 Å². The van der Waals surface area contributed by atoms with E-state index in [2.05, 4.69) is 69.7 Å². The van der Waals surface area contributed by atoms with Gasteiger partial charge in [-0.2, -0.15) is 16.4 Å². The molecule has 0 bridgehead atoms. The molecule has 2 N–H and O–H groups in total. The van der Waals surface area contributed by atoms with E-state index < -0.39 is 0 Å². The fraction of sp³-hybridized carbons (Fsp3) is 0.500. The molecule has 0 saturated carbocycles. The van der Waals surface area contributed by atoms with E-state index in [0.29, 0.717) is 6.54 Å². The van der Waals surface area contributed by atoms with Crippen LogP contribution in [0, 0.1) is 0 Å². The average molecular weight is 462 g/mol. The van der Waals surface area contributed by atoms with E-state index >= 15 is 0 Å². The maximum Gasteiger partial charge on any atom is 0.191 e. The number of nitrogens with one attached hydrogen (secondary N) is 2. The van der Waals surface area contributed by atoms with Crippen LogP contribution in [0.5, 0.6) is 0 Å². The van der Waals surface area contributed by atoms with Gasteiger partial charge in [-0.25, -0.2) is 4.99 Å². The van der Waals surface area contributed by atoms with E-state index in [0.717, 1.165) is 19.0 Å². The van der Waals surface area contributed by atoms with E-state index in [4.69, 9.17) is 0 Å². The number of guanidine groups is 1. The minimum Gasteiger partial charge on any atom is -0.357 e. The Morgan fingerprint density at radius 2 is 2.21 bits per heavy atom. The highest BCUT2D eigenvalue weighted by molar-refractivity contribution is 14.0. The number of likely N-dealkylation sites (N-methyl/N-ethyl adjacent to an activating group) is 1. The van der Waals surface area contributed by atoms with E-state index in [9.17, 15) is 0 Å². The molecule has 6 nitrogen and oxygen atoms in total. The molecule has 1 atom stereocenters. The first-order valence-electron chi connectivity index (χ1n) is 7.78. The van der Waals surface area contributed by atoms with Crippen molar-refractivity contribution in [3.05, 3.63) is 40.3 Å². The lowest BCUT2D eigenvalue weighted by Gasteiger charge is -2.24. The van der Waals surface area contributed by atoms with Crippen molar-refractivity contribution in [3.63, 3.8) is 0 Å². The molecular weight excluding hydrogens is 435 g/mol. The third-order valence-electron chi connectivity index (χ3n) is 3.54. The summed E-state index contributed by atoms with van der Waals surface area (Å²) >= 11 is 1.70. The summed E-state index contributed by atoms with van der Waals surface area (Å²) in [6, 6.07) is 2.35. The number of thiophene rings is 1. The molecule has 0 fully saturated rings. The number of aliphatic imine (C=N–C) groups is 1. The standard InChI is InChI=1S/C16H26N6S.HI/c1-5-17-16(18-8-13-6-7-23-12-13)19-10-15(21(2)3)14-9-20-22(4)11-14;/h6-7,9,11-12,15H,5,8,10H2,1-4H3,(H2,17,18,19);1H. The minimum atomic E-state index is 0. The van der Waals surface area contributed by atoms with Gasteiger partial charge in [0.2, 0.25) is 0 Å². The summed E-state index contributed by atoms with van der Waals surface area (Å²) in [7, 11) is 6.10. The lowest BCUT2D eigenvalue weighted by Crippen LogP contribution is -2.41. The molecule has 1 unspecified atom stereocenters. The Morgan fingerprint density at radius 3 is 2.75 bits per heavy atom. The molecule has 0 aliphatic carbocycles. The van der Waals surface area contributed by atoms with Crippen molar-refractivity contribution in [2.24, 2.45) is 12.0 Å². The Hall–Kier alpha value is -1.13. The third kappa shape index (κ3) is 6.40. The number of aryl methyl sites for hydroxylation is 1. The van der Waals surface area contributed by atoms with Crippen LogP contribution in [0.2, 0.25) is 0 Å². The Balaban J connectivity index is 0.00000288. The monoisotopic (exact) mass is 462 g/mol. The van der Waals surface area contributed by atoms with Gasteiger partial charge < -0.3 is 15.5 Å². The summed E-state index contributed by atoms with van der Waals surface area (Å²) in [4.78, 5) is 6.83. The molecule has 24 heavy (non-hydrogen) atoms. The summed E-state index contributed by atoms with van der Waals surface area (Å²) < 4.78 is 1.84. The molecule has 8 heteroatoms. The number of rotatable bonds is 7. The van der Waals surface area contributed by atoms with Crippen LogP contribution in [0.3, 0.4) is 0 Å². The summed E-state index contributed by atoms with van der Waals surface area (Å²) in [5, 5.41) is 15.2. The molecule has 0 spiro atoms. The van der Waals surface area contributed by atoms with Crippen LogP contribution in [0.25, 0.3) is 0 Å². The second-order valence-corrected chi connectivity index (χ2v) is 6.41. The topological polar surface area (TPSA) is 57.5 Å². The maximum absolute atomic E-state index is 4.65. The first-order valence-corrected chi connectivity index (χ1v) is 8.72. The molecule has 2 rings (SSSR count). The predicted octanol–water partition coefficient (Wildman–Crippen LogP) is 2.46. The summed E-state index contributed by atoms with van der Waals surface area (Å²) in [6.45, 7) is 4.38. The van der Waals surface area contributed by atoms with Gasteiger partial charge in [0.15, 0.2) is 5.96 Å². The Labute approximate surface area is 165 Å². The lowest BCUT2D eigenvalue weighted by atomic mass is 10.1. The number of nitrogens with zero attached hydrogens (tertiary/aromatic N) is 4. The molecule has 2 heterocycles. The second-order valence-electron chi connectivity index (χ2n) is 5.63. The van der Waals surface area contributed by atoms with Crippen LogP contribution < -0.4 is 10.6 Å². The first-order chi connectivity index (χ1) is 11.1. The van der Waals surface area contributed by atoms with E-state index in [-0.39, 0.29) is 30.0 Å².